The molecule has 1 aromatic carbocycles. The second-order valence-corrected chi connectivity index (χ2v) is 4.40. The Morgan fingerprint density at radius 2 is 2.16 bits per heavy atom. The van der Waals surface area contributed by atoms with Gasteiger partial charge >= 0.3 is 0 Å². The van der Waals surface area contributed by atoms with E-state index in [9.17, 15) is 13.6 Å². The SMILES string of the molecule is O=C1NC(S)N(c2cc(F)ccc2F)c2nc[nH]c21. The molecule has 3 rings (SSSR count). The maximum Gasteiger partial charge on any atom is 0.273 e. The Morgan fingerprint density at radius 3 is 2.95 bits per heavy atom. The Balaban J connectivity index is 2.17. The second-order valence-electron chi connectivity index (χ2n) is 3.91. The predicted molar refractivity (Wildman–Crippen MR) is 67.3 cm³/mol. The van der Waals surface area contributed by atoms with Crippen LogP contribution in [0.15, 0.2) is 24.5 Å². The van der Waals surface area contributed by atoms with E-state index in [-0.39, 0.29) is 17.2 Å². The number of carbonyl (C=O) groups is 1. The molecular weight excluding hydrogens is 274 g/mol. The Hall–Kier alpha value is -2.09. The second kappa shape index (κ2) is 4.23. The maximum atomic E-state index is 13.8. The molecule has 0 bridgehead atoms. The molecule has 2 heterocycles. The number of anilines is 2. The van der Waals surface area contributed by atoms with Crippen molar-refractivity contribution in [2.24, 2.45) is 0 Å². The van der Waals surface area contributed by atoms with Crippen LogP contribution in [0.4, 0.5) is 20.3 Å². The lowest BCUT2D eigenvalue weighted by atomic mass is 10.2. The standard InChI is InChI=1S/C11H8F2N4OS/c12-5-1-2-6(13)7(3-5)17-9-8(14-4-15-9)10(18)16-11(17)19/h1-4,11,19H,(H,14,15)(H,16,18). The number of amides is 1. The number of carbonyl (C=O) groups excluding carboxylic acids is 1. The molecule has 1 aliphatic rings. The summed E-state index contributed by atoms with van der Waals surface area (Å²) in [6.07, 6.45) is 1.31. The van der Waals surface area contributed by atoms with E-state index in [2.05, 4.69) is 27.9 Å². The molecule has 0 radical (unpaired) electrons. The highest BCUT2D eigenvalue weighted by atomic mass is 32.1. The quantitative estimate of drug-likeness (QED) is 0.699. The van der Waals surface area contributed by atoms with Crippen LogP contribution >= 0.6 is 12.6 Å². The van der Waals surface area contributed by atoms with Crippen LogP contribution in [0.1, 0.15) is 10.5 Å². The predicted octanol–water partition coefficient (Wildman–Crippen LogP) is 1.78. The summed E-state index contributed by atoms with van der Waals surface area (Å²) in [7, 11) is 0. The molecule has 8 heteroatoms. The van der Waals surface area contributed by atoms with Gasteiger partial charge < -0.3 is 10.3 Å². The molecule has 2 N–H and O–H groups in total. The molecule has 1 unspecified atom stereocenters. The summed E-state index contributed by atoms with van der Waals surface area (Å²) < 4.78 is 27.1. The van der Waals surface area contributed by atoms with Gasteiger partial charge in [0.05, 0.1) is 12.0 Å². The molecule has 0 spiro atoms. The number of hydrogen-bond donors (Lipinski definition) is 3. The van der Waals surface area contributed by atoms with E-state index in [1.807, 2.05) is 0 Å². The van der Waals surface area contributed by atoms with E-state index in [4.69, 9.17) is 0 Å². The summed E-state index contributed by atoms with van der Waals surface area (Å²) in [4.78, 5) is 19.6. The molecule has 1 amide bonds. The topological polar surface area (TPSA) is 61.0 Å². The van der Waals surface area contributed by atoms with Crippen molar-refractivity contribution in [2.75, 3.05) is 4.90 Å². The van der Waals surface area contributed by atoms with Gasteiger partial charge in [-0.1, -0.05) is 0 Å². The summed E-state index contributed by atoms with van der Waals surface area (Å²) in [5, 5.41) is 2.51. The molecule has 5 nitrogen and oxygen atoms in total. The average molecular weight is 282 g/mol. The van der Waals surface area contributed by atoms with Gasteiger partial charge in [-0.05, 0) is 12.1 Å². The Labute approximate surface area is 112 Å². The number of benzene rings is 1. The van der Waals surface area contributed by atoms with Gasteiger partial charge in [0.15, 0.2) is 11.3 Å². The molecule has 0 saturated heterocycles. The number of H-pyrrole nitrogens is 1. The molecule has 0 saturated carbocycles. The molecule has 0 fully saturated rings. The highest BCUT2D eigenvalue weighted by Gasteiger charge is 2.33. The van der Waals surface area contributed by atoms with Crippen molar-refractivity contribution in [3.05, 3.63) is 41.9 Å². The first kappa shape index (κ1) is 12.0. The lowest BCUT2D eigenvalue weighted by Crippen LogP contribution is -2.47. The lowest BCUT2D eigenvalue weighted by Gasteiger charge is -2.33. The van der Waals surface area contributed by atoms with E-state index >= 15 is 0 Å². The van der Waals surface area contributed by atoms with E-state index in [0.29, 0.717) is 0 Å². The van der Waals surface area contributed by atoms with Crippen molar-refractivity contribution in [1.82, 2.24) is 15.3 Å². The van der Waals surface area contributed by atoms with Gasteiger partial charge in [0.2, 0.25) is 0 Å². The van der Waals surface area contributed by atoms with Crippen LogP contribution in [0.5, 0.6) is 0 Å². The smallest absolute Gasteiger partial charge is 0.273 e. The van der Waals surface area contributed by atoms with Gasteiger partial charge in [0.1, 0.15) is 17.3 Å². The monoisotopic (exact) mass is 282 g/mol. The summed E-state index contributed by atoms with van der Waals surface area (Å²) in [6.45, 7) is 0. The fraction of sp³-hybridized carbons (Fsp3) is 0.0909. The zero-order valence-corrected chi connectivity index (χ0v) is 10.3. The zero-order chi connectivity index (χ0) is 13.6. The normalized spacial score (nSPS) is 18.2. The van der Waals surface area contributed by atoms with Gasteiger partial charge in [-0.3, -0.25) is 9.69 Å². The molecule has 1 atom stereocenters. The number of nitrogens with zero attached hydrogens (tertiary/aromatic N) is 2. The number of aromatic nitrogens is 2. The van der Waals surface area contributed by atoms with Crippen LogP contribution in [0, 0.1) is 11.6 Å². The van der Waals surface area contributed by atoms with Crippen molar-refractivity contribution in [2.45, 2.75) is 5.50 Å². The molecule has 2 aromatic rings. The molecule has 1 aliphatic heterocycles. The molecular formula is C11H8F2N4OS. The van der Waals surface area contributed by atoms with Gasteiger partial charge in [-0.15, -0.1) is 12.6 Å². The van der Waals surface area contributed by atoms with Gasteiger partial charge in [0, 0.05) is 6.07 Å². The minimum atomic E-state index is -0.834. The van der Waals surface area contributed by atoms with Crippen molar-refractivity contribution in [1.29, 1.82) is 0 Å². The summed E-state index contributed by atoms with van der Waals surface area (Å²) >= 11 is 4.16. The van der Waals surface area contributed by atoms with Crippen molar-refractivity contribution >= 4 is 30.0 Å². The number of halogens is 2. The Kier molecular flexibility index (Phi) is 2.67. The fourth-order valence-electron chi connectivity index (χ4n) is 1.92. The number of hydrogen-bond acceptors (Lipinski definition) is 4. The largest absolute Gasteiger partial charge is 0.339 e. The molecule has 19 heavy (non-hydrogen) atoms. The van der Waals surface area contributed by atoms with E-state index in [0.717, 1.165) is 18.2 Å². The number of nitrogens with one attached hydrogen (secondary N) is 2. The summed E-state index contributed by atoms with van der Waals surface area (Å²) in [5.41, 5.74) is -0.707. The molecule has 1 aromatic heterocycles. The van der Waals surface area contributed by atoms with E-state index < -0.39 is 23.0 Å². The third-order valence-corrected chi connectivity index (χ3v) is 3.11. The minimum Gasteiger partial charge on any atom is -0.339 e. The van der Waals surface area contributed by atoms with Crippen molar-refractivity contribution < 1.29 is 13.6 Å². The Morgan fingerprint density at radius 1 is 1.37 bits per heavy atom. The fourth-order valence-corrected chi connectivity index (χ4v) is 2.27. The van der Waals surface area contributed by atoms with Crippen LogP contribution in [-0.2, 0) is 0 Å². The van der Waals surface area contributed by atoms with Crippen molar-refractivity contribution in [3.8, 4) is 0 Å². The van der Waals surface area contributed by atoms with Gasteiger partial charge in [0.25, 0.3) is 5.91 Å². The summed E-state index contributed by atoms with van der Waals surface area (Å²) in [5.74, 6) is -1.43. The first-order chi connectivity index (χ1) is 9.08. The third-order valence-electron chi connectivity index (χ3n) is 2.75. The Bertz CT molecular complexity index is 660. The number of imidazole rings is 1. The van der Waals surface area contributed by atoms with Crippen LogP contribution < -0.4 is 10.2 Å². The zero-order valence-electron chi connectivity index (χ0n) is 9.39. The van der Waals surface area contributed by atoms with E-state index in [1.165, 1.54) is 11.2 Å². The van der Waals surface area contributed by atoms with Gasteiger partial charge in [-0.25, -0.2) is 13.8 Å². The van der Waals surface area contributed by atoms with Crippen LogP contribution in [0.25, 0.3) is 0 Å². The first-order valence-corrected chi connectivity index (χ1v) is 5.86. The minimum absolute atomic E-state index is 0.0478. The first-order valence-electron chi connectivity index (χ1n) is 5.34. The number of rotatable bonds is 1. The highest BCUT2D eigenvalue weighted by molar-refractivity contribution is 7.81. The molecule has 0 aliphatic carbocycles. The number of aromatic amines is 1. The van der Waals surface area contributed by atoms with Crippen molar-refractivity contribution in [3.63, 3.8) is 0 Å². The van der Waals surface area contributed by atoms with Crippen LogP contribution in [0.3, 0.4) is 0 Å². The third kappa shape index (κ3) is 1.84. The molecule has 98 valence electrons. The highest BCUT2D eigenvalue weighted by Crippen LogP contribution is 2.34. The maximum absolute atomic E-state index is 13.8. The lowest BCUT2D eigenvalue weighted by molar-refractivity contribution is 0.0940. The van der Waals surface area contributed by atoms with E-state index in [1.54, 1.807) is 0 Å². The summed E-state index contributed by atoms with van der Waals surface area (Å²) in [6, 6.07) is 3.04. The van der Waals surface area contributed by atoms with Gasteiger partial charge in [-0.2, -0.15) is 0 Å². The van der Waals surface area contributed by atoms with Crippen LogP contribution in [-0.4, -0.2) is 21.4 Å². The average Bonchev–Trinajstić information content (AvgIpc) is 2.83. The number of thiol groups is 1. The number of fused-ring (bicyclic) bond motifs is 1. The van der Waals surface area contributed by atoms with Crippen LogP contribution in [0.2, 0.25) is 0 Å².